The number of aliphatic carboxylic acids is 2. The SMILES string of the molecule is CC(C)=O.CC(C)=O.O=C(O)C(O)C(O)C(=O)O. The molecule has 0 bridgehead atoms. The van der Waals surface area contributed by atoms with Gasteiger partial charge in [-0.05, 0) is 27.7 Å². The molecule has 0 aliphatic carbocycles. The highest BCUT2D eigenvalue weighted by molar-refractivity contribution is 5.83. The molecule has 0 aromatic rings. The normalized spacial score (nSPS) is 11.7. The number of rotatable bonds is 3. The zero-order valence-corrected chi connectivity index (χ0v) is 10.6. The molecular weight excluding hydrogens is 248 g/mol. The fourth-order valence-corrected chi connectivity index (χ4v) is 0.270. The van der Waals surface area contributed by atoms with E-state index in [0.717, 1.165) is 0 Å². The van der Waals surface area contributed by atoms with Gasteiger partial charge in [-0.15, -0.1) is 0 Å². The van der Waals surface area contributed by atoms with Crippen LogP contribution in [0, 0.1) is 0 Å². The Morgan fingerprint density at radius 2 is 0.778 bits per heavy atom. The minimum Gasteiger partial charge on any atom is -0.479 e. The molecule has 8 heteroatoms. The number of hydrogen-bond donors (Lipinski definition) is 4. The standard InChI is InChI=1S/C4H6O6.2C3H6O/c5-1(3(7)8)2(6)4(9)10;2*1-3(2)4/h1-2,5-6H,(H,7,8)(H,9,10);2*1-2H3. The molecule has 106 valence electrons. The molecule has 0 aromatic heterocycles. The molecule has 4 N–H and O–H groups in total. The lowest BCUT2D eigenvalue weighted by molar-refractivity contribution is -0.165. The third-order valence-corrected chi connectivity index (χ3v) is 0.805. The Morgan fingerprint density at radius 3 is 0.833 bits per heavy atom. The van der Waals surface area contributed by atoms with Gasteiger partial charge in [0, 0.05) is 0 Å². The molecule has 2 unspecified atom stereocenters. The number of hydrogen-bond acceptors (Lipinski definition) is 6. The number of carboxylic acid groups (broad SMARTS) is 2. The van der Waals surface area contributed by atoms with E-state index in [2.05, 4.69) is 0 Å². The van der Waals surface area contributed by atoms with Gasteiger partial charge in [0.1, 0.15) is 11.6 Å². The summed E-state index contributed by atoms with van der Waals surface area (Å²) in [5.74, 6) is -3.20. The third-order valence-electron chi connectivity index (χ3n) is 0.805. The first-order valence-corrected chi connectivity index (χ1v) is 4.69. The quantitative estimate of drug-likeness (QED) is 0.511. The average molecular weight is 266 g/mol. The maximum absolute atomic E-state index is 9.77. The number of carboxylic acids is 2. The van der Waals surface area contributed by atoms with Crippen molar-refractivity contribution in [2.24, 2.45) is 0 Å². The molecule has 0 aromatic carbocycles. The van der Waals surface area contributed by atoms with Crippen LogP contribution in [0.1, 0.15) is 27.7 Å². The van der Waals surface area contributed by atoms with E-state index in [1.54, 1.807) is 0 Å². The average Bonchev–Trinajstić information content (AvgIpc) is 2.13. The Hall–Kier alpha value is -1.80. The van der Waals surface area contributed by atoms with E-state index in [4.69, 9.17) is 20.4 Å². The van der Waals surface area contributed by atoms with Crippen molar-refractivity contribution in [3.63, 3.8) is 0 Å². The molecule has 0 radical (unpaired) electrons. The summed E-state index contributed by atoms with van der Waals surface area (Å²) in [5.41, 5.74) is 0. The minimum absolute atomic E-state index is 0.167. The van der Waals surface area contributed by atoms with Crippen molar-refractivity contribution in [3.05, 3.63) is 0 Å². The second kappa shape index (κ2) is 11.7. The Bertz CT molecular complexity index is 258. The lowest BCUT2D eigenvalue weighted by atomic mass is 10.2. The summed E-state index contributed by atoms with van der Waals surface area (Å²) in [7, 11) is 0. The Morgan fingerprint density at radius 1 is 0.667 bits per heavy atom. The molecule has 0 amide bonds. The number of Topliss-reactive ketones (excluding diaryl/α,β-unsaturated/α-hetero) is 2. The number of carbonyl (C=O) groups is 4. The van der Waals surface area contributed by atoms with Crippen LogP contribution in [-0.4, -0.2) is 56.1 Å². The predicted octanol–water partition coefficient (Wildman–Crippen LogP) is -0.932. The van der Waals surface area contributed by atoms with Crippen molar-refractivity contribution in [3.8, 4) is 0 Å². The van der Waals surface area contributed by atoms with Gasteiger partial charge in [-0.2, -0.15) is 0 Å². The van der Waals surface area contributed by atoms with E-state index in [0.29, 0.717) is 0 Å². The molecule has 0 rings (SSSR count). The second-order valence-corrected chi connectivity index (χ2v) is 3.38. The lowest BCUT2D eigenvalue weighted by Crippen LogP contribution is -2.39. The summed E-state index contributed by atoms with van der Waals surface area (Å²) in [6.45, 7) is 6.11. The van der Waals surface area contributed by atoms with Crippen molar-refractivity contribution in [2.45, 2.75) is 39.9 Å². The van der Waals surface area contributed by atoms with Crippen LogP contribution in [0.25, 0.3) is 0 Å². The summed E-state index contributed by atoms with van der Waals surface area (Å²) in [6, 6.07) is 0. The van der Waals surface area contributed by atoms with Crippen molar-refractivity contribution >= 4 is 23.5 Å². The fourth-order valence-electron chi connectivity index (χ4n) is 0.270. The van der Waals surface area contributed by atoms with Crippen LogP contribution >= 0.6 is 0 Å². The van der Waals surface area contributed by atoms with Crippen LogP contribution in [0.4, 0.5) is 0 Å². The number of ketones is 2. The topological polar surface area (TPSA) is 149 Å². The molecule has 18 heavy (non-hydrogen) atoms. The molecule has 0 saturated carbocycles. The molecule has 0 aliphatic heterocycles. The predicted molar refractivity (Wildman–Crippen MR) is 60.0 cm³/mol. The maximum Gasteiger partial charge on any atom is 0.335 e. The number of aliphatic hydroxyl groups excluding tert-OH is 2. The van der Waals surface area contributed by atoms with Crippen LogP contribution in [0.15, 0.2) is 0 Å². The minimum atomic E-state index is -2.27. The highest BCUT2D eigenvalue weighted by atomic mass is 16.4. The van der Waals surface area contributed by atoms with Crippen LogP contribution in [0.5, 0.6) is 0 Å². The first-order valence-electron chi connectivity index (χ1n) is 4.69. The monoisotopic (exact) mass is 266 g/mol. The second-order valence-electron chi connectivity index (χ2n) is 3.38. The first-order chi connectivity index (χ1) is 7.93. The molecule has 0 heterocycles. The molecular formula is C10H18O8. The molecule has 0 saturated heterocycles. The van der Waals surface area contributed by atoms with Gasteiger partial charge >= 0.3 is 11.9 Å². The lowest BCUT2D eigenvalue weighted by Gasteiger charge is -2.07. The highest BCUT2D eigenvalue weighted by Gasteiger charge is 2.29. The van der Waals surface area contributed by atoms with Gasteiger partial charge in [0.05, 0.1) is 0 Å². The molecule has 8 nitrogen and oxygen atoms in total. The fraction of sp³-hybridized carbons (Fsp3) is 0.600. The Kier molecular flexibility index (Phi) is 13.9. The molecule has 0 aliphatic rings. The van der Waals surface area contributed by atoms with Gasteiger partial charge in [-0.1, -0.05) is 0 Å². The van der Waals surface area contributed by atoms with Crippen LogP contribution < -0.4 is 0 Å². The van der Waals surface area contributed by atoms with Gasteiger partial charge in [0.25, 0.3) is 0 Å². The van der Waals surface area contributed by atoms with Gasteiger partial charge < -0.3 is 30.0 Å². The van der Waals surface area contributed by atoms with E-state index in [9.17, 15) is 19.2 Å². The summed E-state index contributed by atoms with van der Waals surface area (Å²) in [5, 5.41) is 32.5. The third kappa shape index (κ3) is 23.8. The zero-order chi connectivity index (χ0) is 15.5. The molecule has 0 spiro atoms. The van der Waals surface area contributed by atoms with Crippen molar-refractivity contribution in [1.82, 2.24) is 0 Å². The number of carbonyl (C=O) groups excluding carboxylic acids is 2. The number of aliphatic hydroxyl groups is 2. The van der Waals surface area contributed by atoms with E-state index < -0.39 is 24.1 Å². The van der Waals surface area contributed by atoms with Gasteiger partial charge in [0.2, 0.25) is 0 Å². The summed E-state index contributed by atoms with van der Waals surface area (Å²) in [4.78, 5) is 38.4. The smallest absolute Gasteiger partial charge is 0.335 e. The van der Waals surface area contributed by atoms with E-state index in [-0.39, 0.29) is 11.6 Å². The van der Waals surface area contributed by atoms with Crippen LogP contribution in [0.3, 0.4) is 0 Å². The van der Waals surface area contributed by atoms with E-state index in [1.807, 2.05) is 0 Å². The van der Waals surface area contributed by atoms with Crippen molar-refractivity contribution in [2.75, 3.05) is 0 Å². The van der Waals surface area contributed by atoms with Gasteiger partial charge in [-0.25, -0.2) is 9.59 Å². The Balaban J connectivity index is -0.000000233. The van der Waals surface area contributed by atoms with Gasteiger partial charge in [0.15, 0.2) is 12.2 Å². The van der Waals surface area contributed by atoms with E-state index >= 15 is 0 Å². The van der Waals surface area contributed by atoms with Crippen LogP contribution in [0.2, 0.25) is 0 Å². The highest BCUT2D eigenvalue weighted by Crippen LogP contribution is 1.92. The molecule has 2 atom stereocenters. The summed E-state index contributed by atoms with van der Waals surface area (Å²) >= 11 is 0. The Labute approximate surface area is 104 Å². The van der Waals surface area contributed by atoms with Crippen LogP contribution in [-0.2, 0) is 19.2 Å². The first kappa shape index (κ1) is 21.5. The maximum atomic E-state index is 9.77. The van der Waals surface area contributed by atoms with E-state index in [1.165, 1.54) is 27.7 Å². The summed E-state index contributed by atoms with van der Waals surface area (Å²) in [6.07, 6.45) is -4.53. The summed E-state index contributed by atoms with van der Waals surface area (Å²) < 4.78 is 0. The van der Waals surface area contributed by atoms with Crippen molar-refractivity contribution in [1.29, 1.82) is 0 Å². The van der Waals surface area contributed by atoms with Gasteiger partial charge in [-0.3, -0.25) is 0 Å². The van der Waals surface area contributed by atoms with Crippen molar-refractivity contribution < 1.29 is 39.6 Å². The largest absolute Gasteiger partial charge is 0.479 e. The zero-order valence-electron chi connectivity index (χ0n) is 10.6. The molecule has 0 fully saturated rings.